The molecule has 4 rings (SSSR count). The third kappa shape index (κ3) is 5.84. The van der Waals surface area contributed by atoms with Gasteiger partial charge in [0.25, 0.3) is 5.91 Å². The van der Waals surface area contributed by atoms with Crippen LogP contribution in [-0.2, 0) is 17.8 Å². The summed E-state index contributed by atoms with van der Waals surface area (Å²) in [6.07, 6.45) is 4.05. The Morgan fingerprint density at radius 2 is 1.86 bits per heavy atom. The van der Waals surface area contributed by atoms with Crippen LogP contribution in [0.5, 0.6) is 11.5 Å². The zero-order valence-electron chi connectivity index (χ0n) is 19.9. The maximum Gasteiger partial charge on any atom is 0.267 e. The van der Waals surface area contributed by atoms with Crippen LogP contribution in [0.2, 0.25) is 0 Å². The molecule has 178 valence electrons. The van der Waals surface area contributed by atoms with Gasteiger partial charge in [-0.3, -0.25) is 9.69 Å². The second-order valence-electron chi connectivity index (χ2n) is 8.17. The molecule has 3 aromatic rings. The minimum Gasteiger partial charge on any atom is -0.504 e. The number of aromatic hydroxyl groups is 1. The van der Waals surface area contributed by atoms with Crippen molar-refractivity contribution >= 4 is 34.6 Å². The molecule has 0 unspecified atom stereocenters. The van der Waals surface area contributed by atoms with E-state index in [2.05, 4.69) is 6.58 Å². The van der Waals surface area contributed by atoms with Gasteiger partial charge >= 0.3 is 0 Å². The van der Waals surface area contributed by atoms with Crippen LogP contribution >= 0.6 is 11.8 Å². The van der Waals surface area contributed by atoms with E-state index in [4.69, 9.17) is 9.73 Å². The number of nitrogens with zero attached hydrogens (tertiary/aromatic N) is 2. The average molecular weight is 485 g/mol. The fourth-order valence-corrected chi connectivity index (χ4v) is 4.72. The normalized spacial score (nSPS) is 15.7. The summed E-state index contributed by atoms with van der Waals surface area (Å²) in [6.45, 7) is 8.52. The number of amidine groups is 1. The van der Waals surface area contributed by atoms with E-state index in [1.54, 1.807) is 17.0 Å². The minimum atomic E-state index is -0.110. The second-order valence-corrected chi connectivity index (χ2v) is 9.18. The van der Waals surface area contributed by atoms with Gasteiger partial charge in [0.2, 0.25) is 0 Å². The molecule has 0 bridgehead atoms. The molecule has 0 spiro atoms. The van der Waals surface area contributed by atoms with E-state index in [1.165, 1.54) is 11.8 Å². The average Bonchev–Trinajstić information content (AvgIpc) is 3.13. The van der Waals surface area contributed by atoms with Crippen molar-refractivity contribution in [2.75, 3.05) is 6.61 Å². The molecule has 1 N–H and O–H groups in total. The van der Waals surface area contributed by atoms with Crippen LogP contribution in [0.4, 0.5) is 5.69 Å². The van der Waals surface area contributed by atoms with Crippen LogP contribution in [0.15, 0.2) is 89.3 Å². The standard InChI is InChI=1S/C29H28N2O3S/c1-4-9-23-16-22(17-25(27(23)32)34-5-2)18-26-28(33)31(19-21-10-7-6-8-11-21)29(35-26)30-24-14-12-20(3)13-15-24/h4,6-8,10-18,32H,1,5,9,19H2,2-3H3. The Morgan fingerprint density at radius 3 is 2.54 bits per heavy atom. The molecule has 0 aromatic heterocycles. The number of aliphatic imine (C=N–C) groups is 1. The molecule has 5 nitrogen and oxygen atoms in total. The smallest absolute Gasteiger partial charge is 0.267 e. The Kier molecular flexibility index (Phi) is 7.73. The van der Waals surface area contributed by atoms with E-state index in [-0.39, 0.29) is 11.7 Å². The lowest BCUT2D eigenvalue weighted by atomic mass is 10.1. The van der Waals surface area contributed by atoms with Gasteiger partial charge in [-0.25, -0.2) is 4.99 Å². The van der Waals surface area contributed by atoms with E-state index < -0.39 is 0 Å². The second kappa shape index (κ2) is 11.1. The number of carbonyl (C=O) groups excluding carboxylic acids is 1. The maximum atomic E-state index is 13.5. The van der Waals surface area contributed by atoms with Crippen molar-refractivity contribution in [3.63, 3.8) is 0 Å². The van der Waals surface area contributed by atoms with Crippen molar-refractivity contribution in [1.29, 1.82) is 0 Å². The molecule has 1 aliphatic heterocycles. The first kappa shape index (κ1) is 24.4. The number of ether oxygens (including phenoxy) is 1. The number of amides is 1. The first-order valence-corrected chi connectivity index (χ1v) is 12.3. The van der Waals surface area contributed by atoms with Crippen LogP contribution in [0.25, 0.3) is 6.08 Å². The Hall–Kier alpha value is -3.77. The number of carbonyl (C=O) groups is 1. The Balaban J connectivity index is 1.73. The molecule has 3 aromatic carbocycles. The number of benzene rings is 3. The topological polar surface area (TPSA) is 62.1 Å². The van der Waals surface area contributed by atoms with Crippen molar-refractivity contribution in [3.05, 3.63) is 107 Å². The van der Waals surface area contributed by atoms with Gasteiger partial charge in [-0.15, -0.1) is 6.58 Å². The summed E-state index contributed by atoms with van der Waals surface area (Å²) < 4.78 is 5.63. The number of thioether (sulfide) groups is 1. The number of allylic oxidation sites excluding steroid dienone is 1. The highest BCUT2D eigenvalue weighted by Gasteiger charge is 2.33. The zero-order chi connectivity index (χ0) is 24.8. The first-order valence-electron chi connectivity index (χ1n) is 11.5. The summed E-state index contributed by atoms with van der Waals surface area (Å²) in [6, 6.07) is 21.4. The summed E-state index contributed by atoms with van der Waals surface area (Å²) in [5.41, 5.74) is 4.44. The van der Waals surface area contributed by atoms with Crippen LogP contribution in [0, 0.1) is 6.92 Å². The quantitative estimate of drug-likeness (QED) is 0.288. The lowest BCUT2D eigenvalue weighted by Crippen LogP contribution is -2.28. The first-order chi connectivity index (χ1) is 17.0. The molecule has 1 aliphatic rings. The predicted octanol–water partition coefficient (Wildman–Crippen LogP) is 6.63. The zero-order valence-corrected chi connectivity index (χ0v) is 20.7. The number of hydrogen-bond donors (Lipinski definition) is 1. The van der Waals surface area contributed by atoms with E-state index in [0.717, 1.165) is 22.4 Å². The molecular formula is C29H28N2O3S. The highest BCUT2D eigenvalue weighted by molar-refractivity contribution is 8.18. The van der Waals surface area contributed by atoms with E-state index >= 15 is 0 Å². The summed E-state index contributed by atoms with van der Waals surface area (Å²) in [5, 5.41) is 11.2. The number of aryl methyl sites for hydroxylation is 1. The number of phenols is 1. The van der Waals surface area contributed by atoms with Crippen LogP contribution < -0.4 is 4.74 Å². The SMILES string of the molecule is C=CCc1cc(C=C2SC(=Nc3ccc(C)cc3)N(Cc3ccccc3)C2=O)cc(OCC)c1O. The van der Waals surface area contributed by atoms with Crippen LogP contribution in [0.3, 0.4) is 0 Å². The highest BCUT2D eigenvalue weighted by atomic mass is 32.2. The molecule has 1 heterocycles. The third-order valence-corrected chi connectivity index (χ3v) is 6.48. The molecule has 1 fully saturated rings. The summed E-state index contributed by atoms with van der Waals surface area (Å²) in [5.74, 6) is 0.386. The molecule has 0 radical (unpaired) electrons. The minimum absolute atomic E-state index is 0.103. The van der Waals surface area contributed by atoms with E-state index in [0.29, 0.717) is 41.0 Å². The van der Waals surface area contributed by atoms with Crippen molar-refractivity contribution in [2.24, 2.45) is 4.99 Å². The van der Waals surface area contributed by atoms with Crippen molar-refractivity contribution < 1.29 is 14.6 Å². The molecule has 0 aliphatic carbocycles. The van der Waals surface area contributed by atoms with Gasteiger partial charge < -0.3 is 9.84 Å². The third-order valence-electron chi connectivity index (χ3n) is 5.47. The van der Waals surface area contributed by atoms with Gasteiger partial charge in [0, 0.05) is 5.56 Å². The Bertz CT molecular complexity index is 1280. The summed E-state index contributed by atoms with van der Waals surface area (Å²) in [7, 11) is 0. The lowest BCUT2D eigenvalue weighted by molar-refractivity contribution is -0.122. The Labute approximate surface area is 210 Å². The highest BCUT2D eigenvalue weighted by Crippen LogP contribution is 2.38. The molecule has 6 heteroatoms. The van der Waals surface area contributed by atoms with Crippen LogP contribution in [0.1, 0.15) is 29.2 Å². The summed E-state index contributed by atoms with van der Waals surface area (Å²) >= 11 is 1.35. The van der Waals surface area contributed by atoms with Crippen molar-refractivity contribution in [2.45, 2.75) is 26.8 Å². The lowest BCUT2D eigenvalue weighted by Gasteiger charge is -2.15. The molecule has 0 atom stereocenters. The van der Waals surface area contributed by atoms with E-state index in [9.17, 15) is 9.90 Å². The van der Waals surface area contributed by atoms with Crippen LogP contribution in [-0.4, -0.2) is 27.7 Å². The van der Waals surface area contributed by atoms with Gasteiger partial charge in [0.1, 0.15) is 0 Å². The maximum absolute atomic E-state index is 13.5. The van der Waals surface area contributed by atoms with Crippen molar-refractivity contribution in [3.8, 4) is 11.5 Å². The number of phenolic OH excluding ortho intramolecular Hbond substituents is 1. The Morgan fingerprint density at radius 1 is 1.11 bits per heavy atom. The molecule has 1 saturated heterocycles. The summed E-state index contributed by atoms with van der Waals surface area (Å²) in [4.78, 5) is 20.6. The van der Waals surface area contributed by atoms with Gasteiger partial charge in [-0.05, 0) is 73.5 Å². The molecular weight excluding hydrogens is 456 g/mol. The molecule has 1 amide bonds. The van der Waals surface area contributed by atoms with Gasteiger partial charge in [0.05, 0.1) is 23.7 Å². The van der Waals surface area contributed by atoms with Gasteiger partial charge in [-0.1, -0.05) is 54.1 Å². The molecule has 35 heavy (non-hydrogen) atoms. The largest absolute Gasteiger partial charge is 0.504 e. The van der Waals surface area contributed by atoms with Gasteiger partial charge in [-0.2, -0.15) is 0 Å². The van der Waals surface area contributed by atoms with Crippen molar-refractivity contribution in [1.82, 2.24) is 4.90 Å². The number of rotatable bonds is 8. The monoisotopic (exact) mass is 484 g/mol. The number of hydrogen-bond acceptors (Lipinski definition) is 5. The molecule has 0 saturated carbocycles. The fourth-order valence-electron chi connectivity index (χ4n) is 3.73. The predicted molar refractivity (Wildman–Crippen MR) is 144 cm³/mol. The fraction of sp³-hybridized carbons (Fsp3) is 0.172. The van der Waals surface area contributed by atoms with Gasteiger partial charge in [0.15, 0.2) is 16.7 Å². The van der Waals surface area contributed by atoms with E-state index in [1.807, 2.05) is 80.6 Å².